The highest BCUT2D eigenvalue weighted by Gasteiger charge is 2.55. The van der Waals surface area contributed by atoms with Crippen LogP contribution in [0.15, 0.2) is 48.5 Å². The summed E-state index contributed by atoms with van der Waals surface area (Å²) in [6.45, 7) is 0. The van der Waals surface area contributed by atoms with Crippen LogP contribution in [0.3, 0.4) is 0 Å². The molecular formula is C21H17N3O2. The highest BCUT2D eigenvalue weighted by atomic mass is 16.2. The minimum absolute atomic E-state index is 0.111. The molecule has 5 heteroatoms. The smallest absolute Gasteiger partial charge is 0.315 e. The van der Waals surface area contributed by atoms with E-state index in [4.69, 9.17) is 0 Å². The summed E-state index contributed by atoms with van der Waals surface area (Å²) in [7, 11) is 1.77. The van der Waals surface area contributed by atoms with Crippen molar-refractivity contribution >= 4 is 28.5 Å². The first kappa shape index (κ1) is 14.1. The van der Waals surface area contributed by atoms with Crippen LogP contribution in [0.25, 0.3) is 10.9 Å². The second-order valence-electron chi connectivity index (χ2n) is 7.48. The van der Waals surface area contributed by atoms with Crippen LogP contribution in [0.2, 0.25) is 0 Å². The third kappa shape index (κ3) is 1.44. The number of benzene rings is 2. The molecule has 1 saturated carbocycles. The van der Waals surface area contributed by atoms with E-state index in [2.05, 4.69) is 11.4 Å². The summed E-state index contributed by atoms with van der Waals surface area (Å²) in [5, 5.41) is 4.11. The molecule has 26 heavy (non-hydrogen) atoms. The molecule has 3 heterocycles. The van der Waals surface area contributed by atoms with Gasteiger partial charge in [-0.25, -0.2) is 4.79 Å². The Morgan fingerprint density at radius 1 is 1.04 bits per heavy atom. The van der Waals surface area contributed by atoms with Crippen molar-refractivity contribution in [1.29, 1.82) is 0 Å². The molecule has 1 unspecified atom stereocenters. The van der Waals surface area contributed by atoms with Gasteiger partial charge in [-0.3, -0.25) is 9.36 Å². The molecule has 1 N–H and O–H groups in total. The summed E-state index contributed by atoms with van der Waals surface area (Å²) in [6.07, 6.45) is 2.24. The van der Waals surface area contributed by atoms with Crippen LogP contribution >= 0.6 is 0 Å². The number of hydrogen-bond donors (Lipinski definition) is 1. The topological polar surface area (TPSA) is 54.3 Å². The number of carbonyl (C=O) groups excluding carboxylic acids is 2. The van der Waals surface area contributed by atoms with Crippen LogP contribution in [-0.2, 0) is 10.3 Å². The Bertz CT molecular complexity index is 1140. The van der Waals surface area contributed by atoms with Crippen LogP contribution in [0, 0.1) is 0 Å². The minimum Gasteiger partial charge on any atom is -0.315 e. The largest absolute Gasteiger partial charge is 0.327 e. The number of carbonyl (C=O) groups is 2. The van der Waals surface area contributed by atoms with E-state index in [9.17, 15) is 9.59 Å². The zero-order valence-electron chi connectivity index (χ0n) is 14.3. The van der Waals surface area contributed by atoms with Crippen molar-refractivity contribution in [3.05, 3.63) is 65.4 Å². The minimum atomic E-state index is -1.14. The van der Waals surface area contributed by atoms with E-state index in [0.717, 1.165) is 46.3 Å². The number of amides is 2. The van der Waals surface area contributed by atoms with Gasteiger partial charge in [0.1, 0.15) is 0 Å². The first-order valence-corrected chi connectivity index (χ1v) is 8.98. The Kier molecular flexibility index (Phi) is 2.37. The standard InChI is InChI=1S/C21H17N3O2/c1-23-16-8-3-2-6-14(16)21(19(23)25)15-7-4-5-13-11-17(12-9-10-12)24(18(13)15)20(26)22-21/h2-8,11-12H,9-10H2,1H3,(H,22,26). The summed E-state index contributed by atoms with van der Waals surface area (Å²) in [4.78, 5) is 28.2. The van der Waals surface area contributed by atoms with Gasteiger partial charge in [-0.15, -0.1) is 0 Å². The Hall–Kier alpha value is -3.08. The maximum absolute atomic E-state index is 13.4. The molecule has 0 bridgehead atoms. The Morgan fingerprint density at radius 3 is 2.62 bits per heavy atom. The van der Waals surface area contributed by atoms with Crippen molar-refractivity contribution in [1.82, 2.24) is 9.88 Å². The summed E-state index contributed by atoms with van der Waals surface area (Å²) in [5.41, 5.74) is 3.34. The van der Waals surface area contributed by atoms with Gasteiger partial charge < -0.3 is 10.2 Å². The van der Waals surface area contributed by atoms with Gasteiger partial charge in [0.15, 0.2) is 5.54 Å². The fourth-order valence-electron chi connectivity index (χ4n) is 4.71. The Balaban J connectivity index is 1.75. The van der Waals surface area contributed by atoms with E-state index in [1.165, 1.54) is 0 Å². The predicted molar refractivity (Wildman–Crippen MR) is 98.5 cm³/mol. The van der Waals surface area contributed by atoms with E-state index < -0.39 is 5.54 Å². The van der Waals surface area contributed by atoms with E-state index in [-0.39, 0.29) is 11.9 Å². The van der Waals surface area contributed by atoms with Crippen LogP contribution in [-0.4, -0.2) is 23.6 Å². The number of likely N-dealkylation sites (N-methyl/N-ethyl adjacent to an activating group) is 1. The molecular weight excluding hydrogens is 326 g/mol. The van der Waals surface area contributed by atoms with Gasteiger partial charge in [0, 0.05) is 34.9 Å². The van der Waals surface area contributed by atoms with E-state index >= 15 is 0 Å². The monoisotopic (exact) mass is 343 g/mol. The molecule has 0 saturated heterocycles. The number of aromatic nitrogens is 1. The lowest BCUT2D eigenvalue weighted by molar-refractivity contribution is -0.122. The molecule has 0 radical (unpaired) electrons. The lowest BCUT2D eigenvalue weighted by atomic mass is 9.82. The molecule has 1 fully saturated rings. The predicted octanol–water partition coefficient (Wildman–Crippen LogP) is 3.31. The molecule has 128 valence electrons. The number of para-hydroxylation sites is 2. The molecule has 1 atom stereocenters. The fourth-order valence-corrected chi connectivity index (χ4v) is 4.71. The number of hydrogen-bond acceptors (Lipinski definition) is 2. The highest BCUT2D eigenvalue weighted by Crippen LogP contribution is 2.50. The summed E-state index contributed by atoms with van der Waals surface area (Å²) in [6, 6.07) is 15.6. The Labute approximate surface area is 150 Å². The first-order chi connectivity index (χ1) is 12.6. The zero-order valence-corrected chi connectivity index (χ0v) is 14.3. The van der Waals surface area contributed by atoms with Crippen molar-refractivity contribution in [2.24, 2.45) is 0 Å². The molecule has 1 aliphatic carbocycles. The normalized spacial score (nSPS) is 23.7. The van der Waals surface area contributed by atoms with Gasteiger partial charge in [-0.2, -0.15) is 0 Å². The number of fused-ring (bicyclic) bond motifs is 3. The third-order valence-corrected chi connectivity index (χ3v) is 6.04. The molecule has 2 amide bonds. The van der Waals surface area contributed by atoms with Gasteiger partial charge in [-0.1, -0.05) is 36.4 Å². The average Bonchev–Trinajstić information content (AvgIpc) is 3.40. The zero-order chi connectivity index (χ0) is 17.6. The van der Waals surface area contributed by atoms with Crippen LogP contribution in [0.4, 0.5) is 10.5 Å². The SMILES string of the molecule is CN1C(=O)C2(NC(=O)n3c(C4CC4)cc4cccc2c43)c2ccccc21. The molecule has 1 spiro atoms. The van der Waals surface area contributed by atoms with Gasteiger partial charge in [-0.05, 0) is 30.9 Å². The Morgan fingerprint density at radius 2 is 1.81 bits per heavy atom. The lowest BCUT2D eigenvalue weighted by Crippen LogP contribution is -2.57. The van der Waals surface area contributed by atoms with Crippen LogP contribution < -0.4 is 10.2 Å². The highest BCUT2D eigenvalue weighted by molar-refractivity contribution is 6.15. The van der Waals surface area contributed by atoms with E-state index in [0.29, 0.717) is 5.92 Å². The summed E-state index contributed by atoms with van der Waals surface area (Å²) >= 11 is 0. The van der Waals surface area contributed by atoms with Gasteiger partial charge in [0.25, 0.3) is 5.91 Å². The lowest BCUT2D eigenvalue weighted by Gasteiger charge is -2.35. The average molecular weight is 343 g/mol. The van der Waals surface area contributed by atoms with Crippen molar-refractivity contribution in [3.8, 4) is 0 Å². The fraction of sp³-hybridized carbons (Fsp3) is 0.238. The molecule has 5 nitrogen and oxygen atoms in total. The maximum atomic E-state index is 13.4. The molecule has 6 rings (SSSR count). The van der Waals surface area contributed by atoms with Crippen molar-refractivity contribution in [2.75, 3.05) is 11.9 Å². The van der Waals surface area contributed by atoms with Gasteiger partial charge >= 0.3 is 6.03 Å². The van der Waals surface area contributed by atoms with Crippen molar-refractivity contribution in [2.45, 2.75) is 24.3 Å². The van der Waals surface area contributed by atoms with Crippen LogP contribution in [0.5, 0.6) is 0 Å². The van der Waals surface area contributed by atoms with Crippen molar-refractivity contribution in [3.63, 3.8) is 0 Å². The molecule has 2 aliphatic heterocycles. The number of nitrogens with one attached hydrogen (secondary N) is 1. The van der Waals surface area contributed by atoms with Crippen LogP contribution in [0.1, 0.15) is 35.6 Å². The third-order valence-electron chi connectivity index (χ3n) is 6.04. The van der Waals surface area contributed by atoms with E-state index in [1.807, 2.05) is 42.5 Å². The van der Waals surface area contributed by atoms with E-state index in [1.54, 1.807) is 16.5 Å². The first-order valence-electron chi connectivity index (χ1n) is 8.98. The van der Waals surface area contributed by atoms with Gasteiger partial charge in [0.05, 0.1) is 5.52 Å². The number of anilines is 1. The van der Waals surface area contributed by atoms with Gasteiger partial charge in [0.2, 0.25) is 0 Å². The maximum Gasteiger partial charge on any atom is 0.327 e. The molecule has 2 aromatic carbocycles. The summed E-state index contributed by atoms with van der Waals surface area (Å²) in [5.74, 6) is 0.337. The molecule has 1 aromatic heterocycles. The molecule has 3 aromatic rings. The quantitative estimate of drug-likeness (QED) is 0.737. The number of rotatable bonds is 1. The van der Waals surface area contributed by atoms with Crippen molar-refractivity contribution < 1.29 is 9.59 Å². The summed E-state index contributed by atoms with van der Waals surface area (Å²) < 4.78 is 1.79. The number of nitrogens with zero attached hydrogens (tertiary/aromatic N) is 2. The second kappa shape index (κ2) is 4.36. The molecule has 3 aliphatic rings. The second-order valence-corrected chi connectivity index (χ2v) is 7.48.